The van der Waals surface area contributed by atoms with Crippen molar-refractivity contribution in [3.8, 4) is 0 Å². The van der Waals surface area contributed by atoms with E-state index in [0.717, 1.165) is 0 Å². The van der Waals surface area contributed by atoms with Gasteiger partial charge >= 0.3 is 118 Å². The van der Waals surface area contributed by atoms with Crippen LogP contribution in [-0.2, 0) is 9.13 Å². The standard InChI is InChI=1S/C2H8O7P2.4Na.H2O/c1-2(3,10(4,5)6)11(7,8)9;;;;;/h3H,1H3,(H2,4,5,6)(H2,7,8,9);;;;;1H2/q;4*+1;/p-4. The molecule has 0 aromatic heterocycles. The third-order valence-corrected chi connectivity index (χ3v) is 4.58. The Balaban J connectivity index is -0.0000000500. The maximum Gasteiger partial charge on any atom is 1.00 e. The number of aliphatic hydroxyl groups is 1. The van der Waals surface area contributed by atoms with Crippen molar-refractivity contribution in [1.29, 1.82) is 0 Å². The van der Waals surface area contributed by atoms with Gasteiger partial charge in [-0.3, -0.25) is 0 Å². The van der Waals surface area contributed by atoms with Crippen molar-refractivity contribution in [2.45, 2.75) is 12.0 Å². The first-order valence-electron chi connectivity index (χ1n) is 2.27. The monoisotopic (exact) mass is 312 g/mol. The van der Waals surface area contributed by atoms with E-state index in [9.17, 15) is 28.7 Å². The van der Waals surface area contributed by atoms with Crippen LogP contribution in [-0.4, -0.2) is 15.7 Å². The molecule has 0 aliphatic carbocycles. The molecule has 0 amide bonds. The van der Waals surface area contributed by atoms with E-state index in [1.54, 1.807) is 0 Å². The SMILES string of the molecule is CC(O)(P(=O)([O-])[O-])P(=O)([O-])[O-].O.[Na+].[Na+].[Na+].[Na+]. The fraction of sp³-hybridized carbons (Fsp3) is 1.00. The number of hydrogen-bond donors (Lipinski definition) is 1. The van der Waals surface area contributed by atoms with Gasteiger partial charge in [-0.25, -0.2) is 0 Å². The van der Waals surface area contributed by atoms with Crippen LogP contribution in [0.4, 0.5) is 0 Å². The van der Waals surface area contributed by atoms with Crippen LogP contribution in [0.15, 0.2) is 0 Å². The Morgan fingerprint density at radius 3 is 1.00 bits per heavy atom. The molecular formula is C2H6Na4O8P2. The van der Waals surface area contributed by atoms with Crippen molar-refractivity contribution in [3.05, 3.63) is 0 Å². The molecule has 0 spiro atoms. The van der Waals surface area contributed by atoms with E-state index in [-0.39, 0.29) is 131 Å². The Kier molecular flexibility index (Phi) is 29.8. The number of rotatable bonds is 2. The summed E-state index contributed by atoms with van der Waals surface area (Å²) in [6.45, 7) is 0.133. The van der Waals surface area contributed by atoms with Gasteiger partial charge in [0.1, 0.15) is 5.08 Å². The summed E-state index contributed by atoms with van der Waals surface area (Å²) < 4.78 is 19.9. The van der Waals surface area contributed by atoms with Crippen LogP contribution < -0.4 is 138 Å². The smallest absolute Gasteiger partial charge is 0.808 e. The second kappa shape index (κ2) is 12.9. The normalized spacial score (nSPS) is 10.4. The van der Waals surface area contributed by atoms with E-state index in [0.29, 0.717) is 0 Å². The van der Waals surface area contributed by atoms with Gasteiger partial charge in [0, 0.05) is 0 Å². The van der Waals surface area contributed by atoms with Crippen molar-refractivity contribution in [3.63, 3.8) is 0 Å². The fourth-order valence-corrected chi connectivity index (χ4v) is 1.35. The van der Waals surface area contributed by atoms with E-state index in [1.165, 1.54) is 0 Å². The molecule has 0 radical (unpaired) electrons. The third kappa shape index (κ3) is 10.9. The molecule has 14 heteroatoms. The van der Waals surface area contributed by atoms with Gasteiger partial charge in [0.25, 0.3) is 0 Å². The summed E-state index contributed by atoms with van der Waals surface area (Å²) >= 11 is 0. The van der Waals surface area contributed by atoms with Crippen LogP contribution in [0, 0.1) is 0 Å². The average molecular weight is 312 g/mol. The molecule has 0 atom stereocenters. The molecule has 76 valence electrons. The quantitative estimate of drug-likeness (QED) is 0.388. The second-order valence-electron chi connectivity index (χ2n) is 1.97. The molecule has 0 heterocycles. The molecule has 8 nitrogen and oxygen atoms in total. The van der Waals surface area contributed by atoms with E-state index >= 15 is 0 Å². The van der Waals surface area contributed by atoms with Crippen molar-refractivity contribution in [2.75, 3.05) is 0 Å². The van der Waals surface area contributed by atoms with Gasteiger partial charge in [-0.1, -0.05) is 0 Å². The van der Waals surface area contributed by atoms with E-state index in [2.05, 4.69) is 0 Å². The summed E-state index contributed by atoms with van der Waals surface area (Å²) in [5.74, 6) is 0. The summed E-state index contributed by atoms with van der Waals surface area (Å²) in [4.78, 5) is 39.8. The molecule has 0 aliphatic heterocycles. The topological polar surface area (TPSA) is 178 Å². The molecule has 0 aliphatic rings. The van der Waals surface area contributed by atoms with Gasteiger partial charge in [0.05, 0.1) is 0 Å². The first-order chi connectivity index (χ1) is 4.50. The molecule has 16 heavy (non-hydrogen) atoms. The minimum absolute atomic E-state index is 0. The molecule has 0 aromatic carbocycles. The Morgan fingerprint density at radius 2 is 1.00 bits per heavy atom. The van der Waals surface area contributed by atoms with Gasteiger partial charge < -0.3 is 39.3 Å². The zero-order chi connectivity index (χ0) is 9.50. The Morgan fingerprint density at radius 1 is 0.875 bits per heavy atom. The Hall–Kier alpha value is 4.22. The minimum Gasteiger partial charge on any atom is -0.808 e. The fourth-order valence-electron chi connectivity index (χ4n) is 0.150. The van der Waals surface area contributed by atoms with Gasteiger partial charge in [-0.05, 0) is 22.1 Å². The maximum atomic E-state index is 9.95. The minimum atomic E-state index is -5.82. The van der Waals surface area contributed by atoms with E-state index in [4.69, 9.17) is 5.11 Å². The summed E-state index contributed by atoms with van der Waals surface area (Å²) in [5, 5.41) is 4.68. The van der Waals surface area contributed by atoms with Crippen LogP contribution in [0.5, 0.6) is 0 Å². The molecule has 0 fully saturated rings. The first-order valence-corrected chi connectivity index (χ1v) is 5.35. The molecule has 3 N–H and O–H groups in total. The molecule has 0 saturated carbocycles. The van der Waals surface area contributed by atoms with Crippen molar-refractivity contribution >= 4 is 15.2 Å². The van der Waals surface area contributed by atoms with Crippen molar-refractivity contribution < 1.29 is 158 Å². The molecule has 0 unspecified atom stereocenters. The summed E-state index contributed by atoms with van der Waals surface area (Å²) in [5.41, 5.74) is 0. The van der Waals surface area contributed by atoms with Crippen LogP contribution >= 0.6 is 15.2 Å². The predicted octanol–water partition coefficient (Wildman–Crippen LogP) is -16.3. The van der Waals surface area contributed by atoms with Crippen LogP contribution in [0.2, 0.25) is 0 Å². The van der Waals surface area contributed by atoms with Crippen molar-refractivity contribution in [2.24, 2.45) is 0 Å². The zero-order valence-electron chi connectivity index (χ0n) is 9.79. The third-order valence-electron chi connectivity index (χ3n) is 1.04. The van der Waals surface area contributed by atoms with Gasteiger partial charge in [0.2, 0.25) is 0 Å². The van der Waals surface area contributed by atoms with Crippen LogP contribution in [0.25, 0.3) is 0 Å². The predicted molar refractivity (Wildman–Crippen MR) is 29.5 cm³/mol. The van der Waals surface area contributed by atoms with E-state index < -0.39 is 20.3 Å². The summed E-state index contributed by atoms with van der Waals surface area (Å²) in [6, 6.07) is 0. The molecule has 0 rings (SSSR count). The largest absolute Gasteiger partial charge is 1.00 e. The Labute approximate surface area is 181 Å². The molecular weight excluding hydrogens is 306 g/mol. The molecule has 0 bridgehead atoms. The molecule has 0 saturated heterocycles. The zero-order valence-corrected chi connectivity index (χ0v) is 19.6. The average Bonchev–Trinajstić information content (AvgIpc) is 1.58. The van der Waals surface area contributed by atoms with Gasteiger partial charge in [-0.15, -0.1) is 0 Å². The van der Waals surface area contributed by atoms with Crippen molar-refractivity contribution in [1.82, 2.24) is 0 Å². The van der Waals surface area contributed by atoms with Crippen LogP contribution in [0.3, 0.4) is 0 Å². The maximum absolute atomic E-state index is 9.95. The second-order valence-corrected chi connectivity index (χ2v) is 6.05. The Bertz CT molecular complexity index is 220. The van der Waals surface area contributed by atoms with E-state index in [1.807, 2.05) is 0 Å². The molecule has 0 aromatic rings. The van der Waals surface area contributed by atoms with Gasteiger partial charge in [0.15, 0.2) is 0 Å². The van der Waals surface area contributed by atoms with Crippen LogP contribution in [0.1, 0.15) is 6.92 Å². The summed E-state index contributed by atoms with van der Waals surface area (Å²) in [6.07, 6.45) is 0. The van der Waals surface area contributed by atoms with Gasteiger partial charge in [-0.2, -0.15) is 0 Å². The number of hydrogen-bond acceptors (Lipinski definition) is 7. The first kappa shape index (κ1) is 36.9. The summed E-state index contributed by atoms with van der Waals surface area (Å²) in [7, 11) is -11.6.